The highest BCUT2D eigenvalue weighted by Gasteiger charge is 2.11. The first-order valence-corrected chi connectivity index (χ1v) is 6.58. The van der Waals surface area contributed by atoms with E-state index in [1.165, 1.54) is 4.68 Å². The monoisotopic (exact) mass is 307 g/mol. The zero-order valence-corrected chi connectivity index (χ0v) is 12.0. The van der Waals surface area contributed by atoms with Gasteiger partial charge in [-0.05, 0) is 22.6 Å². The van der Waals surface area contributed by atoms with Gasteiger partial charge in [0, 0.05) is 6.54 Å². The van der Waals surface area contributed by atoms with Crippen LogP contribution in [0.25, 0.3) is 0 Å². The number of rotatable bonds is 7. The Bertz CT molecular complexity index is 629. The summed E-state index contributed by atoms with van der Waals surface area (Å²) >= 11 is 5.99. The van der Waals surface area contributed by atoms with Gasteiger partial charge in [0.25, 0.3) is 0 Å². The standard InChI is InChI=1S/C13H14ClN5O2/c1-2-7-15-13(20)8-19-12(16-17-18-19)9-21-11-6-4-3-5-10(11)14/h2-6H,1,7-9H2,(H,15,20). The van der Waals surface area contributed by atoms with Crippen LogP contribution in [0.5, 0.6) is 5.75 Å². The second-order valence-electron chi connectivity index (χ2n) is 4.06. The molecule has 7 nitrogen and oxygen atoms in total. The largest absolute Gasteiger partial charge is 0.484 e. The van der Waals surface area contributed by atoms with Crippen LogP contribution in [0.4, 0.5) is 0 Å². The van der Waals surface area contributed by atoms with Crippen molar-refractivity contribution >= 4 is 17.5 Å². The molecule has 110 valence electrons. The zero-order valence-electron chi connectivity index (χ0n) is 11.2. The molecule has 0 atom stereocenters. The summed E-state index contributed by atoms with van der Waals surface area (Å²) in [6.45, 7) is 4.05. The molecule has 0 aliphatic heterocycles. The van der Waals surface area contributed by atoms with Crippen LogP contribution in [0.1, 0.15) is 5.82 Å². The van der Waals surface area contributed by atoms with Crippen molar-refractivity contribution in [2.45, 2.75) is 13.2 Å². The van der Waals surface area contributed by atoms with Gasteiger partial charge in [-0.25, -0.2) is 4.68 Å². The Morgan fingerprint density at radius 2 is 2.29 bits per heavy atom. The molecule has 1 N–H and O–H groups in total. The number of carbonyl (C=O) groups excluding carboxylic acids is 1. The molecular formula is C13H14ClN5O2. The average molecular weight is 308 g/mol. The number of amides is 1. The van der Waals surface area contributed by atoms with Crippen LogP contribution in [-0.2, 0) is 17.9 Å². The molecule has 0 bridgehead atoms. The molecule has 0 unspecified atom stereocenters. The zero-order chi connectivity index (χ0) is 15.1. The van der Waals surface area contributed by atoms with Crippen LogP contribution >= 0.6 is 11.6 Å². The number of aromatic nitrogens is 4. The molecule has 1 aromatic heterocycles. The van der Waals surface area contributed by atoms with E-state index in [0.717, 1.165) is 0 Å². The van der Waals surface area contributed by atoms with E-state index in [1.807, 2.05) is 12.1 Å². The van der Waals surface area contributed by atoms with Gasteiger partial charge < -0.3 is 10.1 Å². The van der Waals surface area contributed by atoms with E-state index in [0.29, 0.717) is 23.1 Å². The highest BCUT2D eigenvalue weighted by molar-refractivity contribution is 6.32. The van der Waals surface area contributed by atoms with E-state index < -0.39 is 0 Å². The summed E-state index contributed by atoms with van der Waals surface area (Å²) in [5.41, 5.74) is 0. The van der Waals surface area contributed by atoms with Crippen molar-refractivity contribution in [1.29, 1.82) is 0 Å². The summed E-state index contributed by atoms with van der Waals surface area (Å²) in [5.74, 6) is 0.759. The normalized spacial score (nSPS) is 10.1. The summed E-state index contributed by atoms with van der Waals surface area (Å²) in [7, 11) is 0. The maximum absolute atomic E-state index is 11.6. The number of carbonyl (C=O) groups is 1. The summed E-state index contributed by atoms with van der Waals surface area (Å²) < 4.78 is 6.91. The minimum absolute atomic E-state index is 0.0159. The molecule has 0 spiro atoms. The maximum atomic E-state index is 11.6. The van der Waals surface area contributed by atoms with Crippen LogP contribution < -0.4 is 10.1 Å². The minimum Gasteiger partial charge on any atom is -0.484 e. The summed E-state index contributed by atoms with van der Waals surface area (Å²) in [6.07, 6.45) is 1.60. The lowest BCUT2D eigenvalue weighted by Gasteiger charge is -2.08. The molecule has 0 radical (unpaired) electrons. The van der Waals surface area contributed by atoms with Crippen molar-refractivity contribution < 1.29 is 9.53 Å². The predicted octanol–water partition coefficient (Wildman–Crippen LogP) is 1.21. The molecule has 1 amide bonds. The van der Waals surface area contributed by atoms with E-state index in [1.54, 1.807) is 18.2 Å². The molecule has 0 saturated heterocycles. The third-order valence-electron chi connectivity index (χ3n) is 2.54. The second kappa shape index (κ2) is 7.39. The van der Waals surface area contributed by atoms with Gasteiger partial charge in [0.05, 0.1) is 5.02 Å². The van der Waals surface area contributed by atoms with E-state index >= 15 is 0 Å². The number of tetrazole rings is 1. The van der Waals surface area contributed by atoms with E-state index in [2.05, 4.69) is 27.4 Å². The average Bonchev–Trinajstić information content (AvgIpc) is 2.91. The van der Waals surface area contributed by atoms with E-state index in [9.17, 15) is 4.79 Å². The Morgan fingerprint density at radius 1 is 1.48 bits per heavy atom. The molecule has 1 heterocycles. The van der Waals surface area contributed by atoms with Gasteiger partial charge in [0.15, 0.2) is 5.82 Å². The number of nitrogens with zero attached hydrogens (tertiary/aromatic N) is 4. The van der Waals surface area contributed by atoms with Gasteiger partial charge in [-0.1, -0.05) is 29.8 Å². The van der Waals surface area contributed by atoms with Crippen molar-refractivity contribution in [1.82, 2.24) is 25.5 Å². The van der Waals surface area contributed by atoms with E-state index in [-0.39, 0.29) is 19.1 Å². The van der Waals surface area contributed by atoms with Crippen molar-refractivity contribution in [3.8, 4) is 5.75 Å². The lowest BCUT2D eigenvalue weighted by atomic mass is 10.3. The van der Waals surface area contributed by atoms with Crippen LogP contribution in [-0.4, -0.2) is 32.7 Å². The van der Waals surface area contributed by atoms with Gasteiger partial charge in [-0.2, -0.15) is 0 Å². The predicted molar refractivity (Wildman–Crippen MR) is 76.8 cm³/mol. The van der Waals surface area contributed by atoms with Crippen molar-refractivity contribution in [3.63, 3.8) is 0 Å². The summed E-state index contributed by atoms with van der Waals surface area (Å²) in [6, 6.07) is 7.09. The number of benzene rings is 1. The summed E-state index contributed by atoms with van der Waals surface area (Å²) in [5, 5.41) is 14.3. The van der Waals surface area contributed by atoms with Crippen LogP contribution in [0.15, 0.2) is 36.9 Å². The molecule has 8 heteroatoms. The molecule has 0 aliphatic rings. The van der Waals surface area contributed by atoms with Crippen LogP contribution in [0.2, 0.25) is 5.02 Å². The minimum atomic E-state index is -0.207. The van der Waals surface area contributed by atoms with Gasteiger partial charge in [-0.15, -0.1) is 11.7 Å². The number of ether oxygens (including phenoxy) is 1. The van der Waals surface area contributed by atoms with Gasteiger partial charge in [0.1, 0.15) is 18.9 Å². The quantitative estimate of drug-likeness (QED) is 0.777. The fourth-order valence-electron chi connectivity index (χ4n) is 1.53. The maximum Gasteiger partial charge on any atom is 0.242 e. The molecule has 0 saturated carbocycles. The molecule has 21 heavy (non-hydrogen) atoms. The smallest absolute Gasteiger partial charge is 0.242 e. The lowest BCUT2D eigenvalue weighted by molar-refractivity contribution is -0.121. The van der Waals surface area contributed by atoms with Crippen molar-refractivity contribution in [3.05, 3.63) is 47.8 Å². The summed E-state index contributed by atoms with van der Waals surface area (Å²) in [4.78, 5) is 11.6. The third-order valence-corrected chi connectivity index (χ3v) is 2.85. The molecular weight excluding hydrogens is 294 g/mol. The third kappa shape index (κ3) is 4.28. The molecule has 2 aromatic rings. The Hall–Kier alpha value is -2.41. The fraction of sp³-hybridized carbons (Fsp3) is 0.231. The number of nitrogens with one attached hydrogen (secondary N) is 1. The van der Waals surface area contributed by atoms with Crippen molar-refractivity contribution in [2.24, 2.45) is 0 Å². The Kier molecular flexibility index (Phi) is 5.28. The first kappa shape index (κ1) is 15.0. The van der Waals surface area contributed by atoms with Gasteiger partial charge in [-0.3, -0.25) is 4.79 Å². The highest BCUT2D eigenvalue weighted by Crippen LogP contribution is 2.23. The van der Waals surface area contributed by atoms with Crippen LogP contribution in [0, 0.1) is 0 Å². The molecule has 0 aliphatic carbocycles. The Balaban J connectivity index is 1.96. The Morgan fingerprint density at radius 3 is 3.05 bits per heavy atom. The number of para-hydroxylation sites is 1. The first-order chi connectivity index (χ1) is 10.2. The van der Waals surface area contributed by atoms with E-state index in [4.69, 9.17) is 16.3 Å². The van der Waals surface area contributed by atoms with Gasteiger partial charge >= 0.3 is 0 Å². The second-order valence-corrected chi connectivity index (χ2v) is 4.47. The molecule has 0 fully saturated rings. The fourth-order valence-corrected chi connectivity index (χ4v) is 1.72. The lowest BCUT2D eigenvalue weighted by Crippen LogP contribution is -2.29. The van der Waals surface area contributed by atoms with Gasteiger partial charge in [0.2, 0.25) is 5.91 Å². The Labute approximate surface area is 126 Å². The van der Waals surface area contributed by atoms with Crippen molar-refractivity contribution in [2.75, 3.05) is 6.54 Å². The highest BCUT2D eigenvalue weighted by atomic mass is 35.5. The molecule has 2 rings (SSSR count). The number of halogens is 1. The number of hydrogen-bond acceptors (Lipinski definition) is 5. The SMILES string of the molecule is C=CCNC(=O)Cn1nnnc1COc1ccccc1Cl. The number of hydrogen-bond donors (Lipinski definition) is 1. The topological polar surface area (TPSA) is 81.9 Å². The molecule has 1 aromatic carbocycles. The van der Waals surface area contributed by atoms with Crippen LogP contribution in [0.3, 0.4) is 0 Å². The first-order valence-electron chi connectivity index (χ1n) is 6.20.